The van der Waals surface area contributed by atoms with Gasteiger partial charge in [0.1, 0.15) is 0 Å². The first-order valence-electron chi connectivity index (χ1n) is 10.7. The number of amides is 1. The summed E-state index contributed by atoms with van der Waals surface area (Å²) in [6.07, 6.45) is 4.04. The largest absolute Gasteiger partial charge is 0.335 e. The van der Waals surface area contributed by atoms with Gasteiger partial charge in [-0.05, 0) is 37.1 Å². The van der Waals surface area contributed by atoms with E-state index in [0.29, 0.717) is 18.5 Å². The number of carbonyl (C=O) groups excluding carboxylic acids is 1. The molecule has 1 saturated heterocycles. The van der Waals surface area contributed by atoms with Crippen LogP contribution < -0.4 is 0 Å². The normalized spacial score (nSPS) is 17.5. The molecule has 3 aromatic rings. The molecule has 6 nitrogen and oxygen atoms in total. The van der Waals surface area contributed by atoms with Gasteiger partial charge in [-0.1, -0.05) is 49.7 Å². The topological polar surface area (TPSA) is 72.3 Å². The quantitative estimate of drug-likeness (QED) is 0.561. The monoisotopic (exact) mass is 437 g/mol. The molecule has 1 amide bonds. The molecule has 4 rings (SSSR count). The summed E-state index contributed by atoms with van der Waals surface area (Å²) in [5, 5.41) is 4.47. The second-order valence-corrected chi connectivity index (χ2v) is 10.2. The molecule has 1 fully saturated rings. The maximum atomic E-state index is 13.4. The van der Waals surface area contributed by atoms with Crippen molar-refractivity contribution in [3.8, 4) is 16.9 Å². The summed E-state index contributed by atoms with van der Waals surface area (Å²) in [4.78, 5) is 15.2. The van der Waals surface area contributed by atoms with Gasteiger partial charge in [0.15, 0.2) is 9.84 Å². The second kappa shape index (κ2) is 9.06. The molecule has 1 aromatic heterocycles. The van der Waals surface area contributed by atoms with Gasteiger partial charge in [0, 0.05) is 23.7 Å². The number of rotatable bonds is 7. The van der Waals surface area contributed by atoms with Crippen LogP contribution in [-0.4, -0.2) is 53.1 Å². The maximum absolute atomic E-state index is 13.4. The Morgan fingerprint density at radius 3 is 2.65 bits per heavy atom. The van der Waals surface area contributed by atoms with Crippen molar-refractivity contribution < 1.29 is 13.2 Å². The average Bonchev–Trinajstić information content (AvgIpc) is 3.41. The molecule has 0 N–H and O–H groups in total. The fourth-order valence-electron chi connectivity index (χ4n) is 4.07. The predicted octanol–water partition coefficient (Wildman–Crippen LogP) is 3.97. The smallest absolute Gasteiger partial charge is 0.254 e. The Hall–Kier alpha value is -2.93. The lowest BCUT2D eigenvalue weighted by Gasteiger charge is -2.28. The first kappa shape index (κ1) is 21.3. The molecule has 0 saturated carbocycles. The van der Waals surface area contributed by atoms with Gasteiger partial charge >= 0.3 is 0 Å². The van der Waals surface area contributed by atoms with Crippen LogP contribution in [-0.2, 0) is 9.84 Å². The van der Waals surface area contributed by atoms with Crippen molar-refractivity contribution >= 4 is 15.7 Å². The molecule has 0 radical (unpaired) electrons. The summed E-state index contributed by atoms with van der Waals surface area (Å²) in [5.41, 5.74) is 3.32. The van der Waals surface area contributed by atoms with Crippen LogP contribution in [0.1, 0.15) is 36.5 Å². The van der Waals surface area contributed by atoms with Crippen LogP contribution >= 0.6 is 0 Å². The van der Waals surface area contributed by atoms with Crippen molar-refractivity contribution in [2.24, 2.45) is 0 Å². The van der Waals surface area contributed by atoms with Gasteiger partial charge in [0.25, 0.3) is 5.91 Å². The number of unbranched alkanes of at least 4 members (excludes halogenated alkanes) is 1. The number of nitrogens with zero attached hydrogens (tertiary/aromatic N) is 3. The maximum Gasteiger partial charge on any atom is 0.254 e. The van der Waals surface area contributed by atoms with Crippen LogP contribution in [0.4, 0.5) is 0 Å². The van der Waals surface area contributed by atoms with Gasteiger partial charge in [-0.15, -0.1) is 0 Å². The Labute approximate surface area is 183 Å². The van der Waals surface area contributed by atoms with Crippen molar-refractivity contribution in [2.45, 2.75) is 32.2 Å². The lowest BCUT2D eigenvalue weighted by atomic mass is 10.1. The van der Waals surface area contributed by atoms with E-state index in [9.17, 15) is 13.2 Å². The zero-order valence-electron chi connectivity index (χ0n) is 17.6. The van der Waals surface area contributed by atoms with E-state index in [2.05, 4.69) is 12.0 Å². The first-order chi connectivity index (χ1) is 15.0. The first-order valence-corrected chi connectivity index (χ1v) is 12.5. The molecule has 1 aliphatic heterocycles. The minimum atomic E-state index is -3.07. The number of hydrogen-bond acceptors (Lipinski definition) is 4. The van der Waals surface area contributed by atoms with Crippen LogP contribution in [0.15, 0.2) is 66.9 Å². The van der Waals surface area contributed by atoms with Gasteiger partial charge in [-0.2, -0.15) is 5.10 Å². The second-order valence-electron chi connectivity index (χ2n) is 7.95. The van der Waals surface area contributed by atoms with E-state index in [1.54, 1.807) is 17.2 Å². The van der Waals surface area contributed by atoms with Crippen molar-refractivity contribution in [3.05, 3.63) is 72.4 Å². The average molecular weight is 438 g/mol. The van der Waals surface area contributed by atoms with Crippen LogP contribution in [0.25, 0.3) is 16.9 Å². The molecule has 1 aliphatic rings. The third kappa shape index (κ3) is 4.71. The van der Waals surface area contributed by atoms with E-state index < -0.39 is 9.84 Å². The Balaban J connectivity index is 1.64. The van der Waals surface area contributed by atoms with Crippen LogP contribution in [0.3, 0.4) is 0 Å². The summed E-state index contributed by atoms with van der Waals surface area (Å²) in [7, 11) is -3.07. The summed E-state index contributed by atoms with van der Waals surface area (Å²) in [6, 6.07) is 19.1. The van der Waals surface area contributed by atoms with Crippen molar-refractivity contribution in [1.82, 2.24) is 14.7 Å². The lowest BCUT2D eigenvalue weighted by Crippen LogP contribution is -2.41. The zero-order valence-corrected chi connectivity index (χ0v) is 18.5. The Bertz CT molecular complexity index is 1160. The van der Waals surface area contributed by atoms with Crippen LogP contribution in [0.5, 0.6) is 0 Å². The Kier molecular flexibility index (Phi) is 6.23. The summed E-state index contributed by atoms with van der Waals surface area (Å²) in [5.74, 6) is 0.0895. The van der Waals surface area contributed by atoms with Crippen LogP contribution in [0.2, 0.25) is 0 Å². The third-order valence-electron chi connectivity index (χ3n) is 5.71. The van der Waals surface area contributed by atoms with Gasteiger partial charge in [-0.25, -0.2) is 13.1 Å². The fraction of sp³-hybridized carbons (Fsp3) is 0.333. The van der Waals surface area contributed by atoms with Gasteiger partial charge < -0.3 is 4.90 Å². The fourth-order valence-corrected chi connectivity index (χ4v) is 5.80. The van der Waals surface area contributed by atoms with E-state index in [-0.39, 0.29) is 23.5 Å². The van der Waals surface area contributed by atoms with E-state index in [4.69, 9.17) is 0 Å². The highest BCUT2D eigenvalue weighted by molar-refractivity contribution is 7.91. The number of hydrogen-bond donors (Lipinski definition) is 0. The van der Waals surface area contributed by atoms with Gasteiger partial charge in [0.2, 0.25) is 0 Å². The predicted molar refractivity (Wildman–Crippen MR) is 122 cm³/mol. The Morgan fingerprint density at radius 1 is 1.13 bits per heavy atom. The molecule has 0 spiro atoms. The highest BCUT2D eigenvalue weighted by Crippen LogP contribution is 2.24. The molecule has 2 heterocycles. The molecule has 0 aliphatic carbocycles. The SMILES string of the molecule is CCCCN(C(=O)c1cccc(-n2nccc2-c2ccccc2)c1)C1CCS(=O)(=O)C1. The molecule has 1 unspecified atom stereocenters. The minimum absolute atomic E-state index is 0.0550. The highest BCUT2D eigenvalue weighted by Gasteiger charge is 2.34. The van der Waals surface area contributed by atoms with Crippen molar-refractivity contribution in [2.75, 3.05) is 18.1 Å². The molecular formula is C24H27N3O3S. The van der Waals surface area contributed by atoms with Gasteiger partial charge in [0.05, 0.1) is 29.1 Å². The molecule has 7 heteroatoms. The van der Waals surface area contributed by atoms with Crippen LogP contribution in [0, 0.1) is 0 Å². The summed E-state index contributed by atoms with van der Waals surface area (Å²) in [6.45, 7) is 2.63. The summed E-state index contributed by atoms with van der Waals surface area (Å²) < 4.78 is 25.8. The van der Waals surface area contributed by atoms with Gasteiger partial charge in [-0.3, -0.25) is 4.79 Å². The number of benzene rings is 2. The molecule has 31 heavy (non-hydrogen) atoms. The number of carbonyl (C=O) groups is 1. The molecule has 2 aromatic carbocycles. The van der Waals surface area contributed by atoms with E-state index in [1.807, 2.05) is 59.3 Å². The molecule has 162 valence electrons. The molecule has 0 bridgehead atoms. The number of aromatic nitrogens is 2. The minimum Gasteiger partial charge on any atom is -0.335 e. The lowest BCUT2D eigenvalue weighted by molar-refractivity contribution is 0.0694. The zero-order chi connectivity index (χ0) is 21.8. The third-order valence-corrected chi connectivity index (χ3v) is 7.46. The highest BCUT2D eigenvalue weighted by atomic mass is 32.2. The molecule has 1 atom stereocenters. The standard InChI is InChI=1S/C24H27N3O3S/c1-2-3-15-26(22-13-16-31(29,30)18-22)24(28)20-10-7-11-21(17-20)27-23(12-14-25-27)19-8-5-4-6-9-19/h4-12,14,17,22H,2-3,13,15-16,18H2,1H3. The van der Waals surface area contributed by atoms with Crippen molar-refractivity contribution in [1.29, 1.82) is 0 Å². The van der Waals surface area contributed by atoms with E-state index in [1.165, 1.54) is 0 Å². The Morgan fingerprint density at radius 2 is 1.94 bits per heavy atom. The molecular weight excluding hydrogens is 410 g/mol. The number of sulfone groups is 1. The van der Waals surface area contributed by atoms with Crippen molar-refractivity contribution in [3.63, 3.8) is 0 Å². The summed E-state index contributed by atoms with van der Waals surface area (Å²) >= 11 is 0. The van der Waals surface area contributed by atoms with E-state index >= 15 is 0 Å². The van der Waals surface area contributed by atoms with E-state index in [0.717, 1.165) is 29.8 Å².